The minimum Gasteiger partial charge on any atom is -0.493 e. The minimum absolute atomic E-state index is 0.0776. The van der Waals surface area contributed by atoms with Gasteiger partial charge in [0.05, 0.1) is 13.2 Å². The SMILES string of the molecule is COc1c(OC2CC2)cccc1C(C)(C)C. The van der Waals surface area contributed by atoms with Gasteiger partial charge in [-0.15, -0.1) is 0 Å². The van der Waals surface area contributed by atoms with E-state index in [-0.39, 0.29) is 5.41 Å². The fourth-order valence-electron chi connectivity index (χ4n) is 1.78. The second kappa shape index (κ2) is 4.00. The van der Waals surface area contributed by atoms with E-state index in [4.69, 9.17) is 9.47 Å². The van der Waals surface area contributed by atoms with Crippen LogP contribution in [-0.2, 0) is 5.41 Å². The first-order valence-electron chi connectivity index (χ1n) is 5.86. The molecule has 0 unspecified atom stereocenters. The van der Waals surface area contributed by atoms with E-state index in [0.29, 0.717) is 6.10 Å². The lowest BCUT2D eigenvalue weighted by Gasteiger charge is -2.23. The van der Waals surface area contributed by atoms with Crippen LogP contribution in [0.15, 0.2) is 18.2 Å². The molecule has 88 valence electrons. The van der Waals surface area contributed by atoms with E-state index in [1.165, 1.54) is 18.4 Å². The molecule has 2 rings (SSSR count). The van der Waals surface area contributed by atoms with Crippen LogP contribution in [0.25, 0.3) is 0 Å². The largest absolute Gasteiger partial charge is 0.493 e. The number of ether oxygens (including phenoxy) is 2. The summed E-state index contributed by atoms with van der Waals surface area (Å²) in [7, 11) is 1.71. The van der Waals surface area contributed by atoms with Gasteiger partial charge in [-0.25, -0.2) is 0 Å². The molecule has 2 nitrogen and oxygen atoms in total. The first kappa shape index (κ1) is 11.3. The van der Waals surface area contributed by atoms with Crippen LogP contribution in [0.3, 0.4) is 0 Å². The van der Waals surface area contributed by atoms with Crippen LogP contribution in [0, 0.1) is 0 Å². The molecular formula is C14H20O2. The summed E-state index contributed by atoms with van der Waals surface area (Å²) >= 11 is 0. The standard InChI is InChI=1S/C14H20O2/c1-14(2,3)11-6-5-7-12(13(11)15-4)16-10-8-9-10/h5-7,10H,8-9H2,1-4H3. The fourth-order valence-corrected chi connectivity index (χ4v) is 1.78. The number of rotatable bonds is 3. The molecule has 2 heteroatoms. The smallest absolute Gasteiger partial charge is 0.164 e. The molecule has 1 aliphatic rings. The van der Waals surface area contributed by atoms with Crippen molar-refractivity contribution in [1.29, 1.82) is 0 Å². The quantitative estimate of drug-likeness (QED) is 0.775. The molecule has 0 aliphatic heterocycles. The van der Waals surface area contributed by atoms with Crippen molar-refractivity contribution in [2.45, 2.75) is 45.1 Å². The Kier molecular flexibility index (Phi) is 2.83. The summed E-state index contributed by atoms with van der Waals surface area (Å²) in [6, 6.07) is 6.14. The highest BCUT2D eigenvalue weighted by Crippen LogP contribution is 2.40. The van der Waals surface area contributed by atoms with Crippen LogP contribution < -0.4 is 9.47 Å². The van der Waals surface area contributed by atoms with E-state index in [0.717, 1.165) is 11.5 Å². The zero-order valence-corrected chi connectivity index (χ0v) is 10.5. The molecule has 0 N–H and O–H groups in total. The molecule has 0 radical (unpaired) electrons. The molecule has 0 amide bonds. The summed E-state index contributed by atoms with van der Waals surface area (Å²) in [6.07, 6.45) is 2.75. The molecule has 1 saturated carbocycles. The van der Waals surface area contributed by atoms with Gasteiger partial charge in [0.1, 0.15) is 0 Å². The monoisotopic (exact) mass is 220 g/mol. The van der Waals surface area contributed by atoms with Crippen LogP contribution in [0.1, 0.15) is 39.2 Å². The number of methoxy groups -OCH3 is 1. The van der Waals surface area contributed by atoms with Crippen LogP contribution in [0.4, 0.5) is 0 Å². The summed E-state index contributed by atoms with van der Waals surface area (Å²) < 4.78 is 11.4. The van der Waals surface area contributed by atoms with Gasteiger partial charge in [0.15, 0.2) is 11.5 Å². The van der Waals surface area contributed by atoms with Gasteiger partial charge in [-0.05, 0) is 24.3 Å². The Balaban J connectivity index is 2.37. The van der Waals surface area contributed by atoms with Gasteiger partial charge >= 0.3 is 0 Å². The Hall–Kier alpha value is -1.18. The summed E-state index contributed by atoms with van der Waals surface area (Å²) in [5.41, 5.74) is 1.28. The molecule has 1 fully saturated rings. The lowest BCUT2D eigenvalue weighted by Crippen LogP contribution is -2.13. The molecule has 0 aromatic heterocycles. The normalized spacial score (nSPS) is 16.0. The first-order chi connectivity index (χ1) is 7.52. The van der Waals surface area contributed by atoms with Crippen molar-refractivity contribution in [1.82, 2.24) is 0 Å². The maximum Gasteiger partial charge on any atom is 0.164 e. The molecule has 0 bridgehead atoms. The van der Waals surface area contributed by atoms with Crippen molar-refractivity contribution >= 4 is 0 Å². The average molecular weight is 220 g/mol. The molecular weight excluding hydrogens is 200 g/mol. The van der Waals surface area contributed by atoms with E-state index >= 15 is 0 Å². The summed E-state index contributed by atoms with van der Waals surface area (Å²) in [5, 5.41) is 0. The predicted molar refractivity (Wildman–Crippen MR) is 65.3 cm³/mol. The molecule has 1 aliphatic carbocycles. The highest BCUT2D eigenvalue weighted by atomic mass is 16.5. The summed E-state index contributed by atoms with van der Waals surface area (Å²) in [4.78, 5) is 0. The van der Waals surface area contributed by atoms with Crippen molar-refractivity contribution in [3.63, 3.8) is 0 Å². The van der Waals surface area contributed by atoms with Crippen LogP contribution in [0.2, 0.25) is 0 Å². The number of hydrogen-bond acceptors (Lipinski definition) is 2. The number of hydrogen-bond donors (Lipinski definition) is 0. The van der Waals surface area contributed by atoms with Crippen molar-refractivity contribution < 1.29 is 9.47 Å². The van der Waals surface area contributed by atoms with Crippen molar-refractivity contribution in [3.05, 3.63) is 23.8 Å². The molecule has 0 spiro atoms. The molecule has 1 aromatic carbocycles. The Morgan fingerprint density at radius 3 is 2.38 bits per heavy atom. The highest BCUT2D eigenvalue weighted by Gasteiger charge is 2.27. The van der Waals surface area contributed by atoms with Gasteiger partial charge in [0, 0.05) is 5.56 Å². The Morgan fingerprint density at radius 1 is 1.19 bits per heavy atom. The van der Waals surface area contributed by atoms with E-state index in [1.54, 1.807) is 7.11 Å². The number of benzene rings is 1. The highest BCUT2D eigenvalue weighted by molar-refractivity contribution is 5.49. The zero-order valence-electron chi connectivity index (χ0n) is 10.5. The van der Waals surface area contributed by atoms with Crippen LogP contribution in [-0.4, -0.2) is 13.2 Å². The van der Waals surface area contributed by atoms with Crippen molar-refractivity contribution in [2.75, 3.05) is 7.11 Å². The third-order valence-electron chi connectivity index (χ3n) is 2.81. The Morgan fingerprint density at radius 2 is 1.88 bits per heavy atom. The van der Waals surface area contributed by atoms with Crippen LogP contribution >= 0.6 is 0 Å². The van der Waals surface area contributed by atoms with Gasteiger partial charge in [-0.2, -0.15) is 0 Å². The van der Waals surface area contributed by atoms with Gasteiger partial charge in [-0.1, -0.05) is 32.9 Å². The molecule has 16 heavy (non-hydrogen) atoms. The second-order valence-electron chi connectivity index (χ2n) is 5.40. The van der Waals surface area contributed by atoms with E-state index in [2.05, 4.69) is 26.8 Å². The maximum atomic E-state index is 5.86. The van der Waals surface area contributed by atoms with Crippen LogP contribution in [0.5, 0.6) is 11.5 Å². The van der Waals surface area contributed by atoms with Gasteiger partial charge in [0.25, 0.3) is 0 Å². The summed E-state index contributed by atoms with van der Waals surface area (Å²) in [6.45, 7) is 6.56. The fraction of sp³-hybridized carbons (Fsp3) is 0.571. The molecule has 0 heterocycles. The van der Waals surface area contributed by atoms with E-state index in [9.17, 15) is 0 Å². The van der Waals surface area contributed by atoms with Crippen molar-refractivity contribution in [3.8, 4) is 11.5 Å². The maximum absolute atomic E-state index is 5.86. The molecule has 0 saturated heterocycles. The lowest BCUT2D eigenvalue weighted by molar-refractivity contribution is 0.279. The predicted octanol–water partition coefficient (Wildman–Crippen LogP) is 3.53. The van der Waals surface area contributed by atoms with Gasteiger partial charge in [-0.3, -0.25) is 0 Å². The Bertz CT molecular complexity index is 373. The topological polar surface area (TPSA) is 18.5 Å². The van der Waals surface area contributed by atoms with E-state index < -0.39 is 0 Å². The lowest BCUT2D eigenvalue weighted by atomic mass is 9.86. The third-order valence-corrected chi connectivity index (χ3v) is 2.81. The zero-order chi connectivity index (χ0) is 11.8. The minimum atomic E-state index is 0.0776. The molecule has 1 aromatic rings. The molecule has 0 atom stereocenters. The van der Waals surface area contributed by atoms with Gasteiger partial charge in [0.2, 0.25) is 0 Å². The average Bonchev–Trinajstić information content (AvgIpc) is 3.00. The van der Waals surface area contributed by atoms with Crippen molar-refractivity contribution in [2.24, 2.45) is 0 Å². The number of para-hydroxylation sites is 1. The Labute approximate surface area is 97.6 Å². The van der Waals surface area contributed by atoms with E-state index in [1.807, 2.05) is 12.1 Å². The summed E-state index contributed by atoms with van der Waals surface area (Å²) in [5.74, 6) is 1.78. The second-order valence-corrected chi connectivity index (χ2v) is 5.40. The van der Waals surface area contributed by atoms with Gasteiger partial charge < -0.3 is 9.47 Å². The third kappa shape index (κ3) is 2.31. The first-order valence-corrected chi connectivity index (χ1v) is 5.86.